The van der Waals surface area contributed by atoms with Crippen LogP contribution < -0.4 is 9.80 Å². The van der Waals surface area contributed by atoms with Crippen LogP contribution in [0.1, 0.15) is 30.4 Å². The SMILES string of the molecule is c1cc(N2CCOCC2)cc(N2CCN(CC(CN3CCc4ccccc4C3)N3CCCCC3)CC2)c1. The van der Waals surface area contributed by atoms with Gasteiger partial charge in [-0.15, -0.1) is 0 Å². The zero-order chi connectivity index (χ0) is 24.9. The van der Waals surface area contributed by atoms with Gasteiger partial charge in [-0.05, 0) is 61.7 Å². The van der Waals surface area contributed by atoms with Gasteiger partial charge in [0, 0.05) is 82.9 Å². The minimum absolute atomic E-state index is 0.641. The molecule has 0 radical (unpaired) electrons. The lowest BCUT2D eigenvalue weighted by atomic mass is 9.99. The van der Waals surface area contributed by atoms with Gasteiger partial charge in [-0.25, -0.2) is 0 Å². The number of ether oxygens (including phenoxy) is 1. The van der Waals surface area contributed by atoms with Gasteiger partial charge in [0.15, 0.2) is 0 Å². The van der Waals surface area contributed by atoms with Crippen LogP contribution in [0.5, 0.6) is 0 Å². The van der Waals surface area contributed by atoms with Gasteiger partial charge in [0.05, 0.1) is 13.2 Å². The number of rotatable bonds is 7. The highest BCUT2D eigenvalue weighted by Crippen LogP contribution is 2.25. The fraction of sp³-hybridized carbons (Fsp3) is 0.613. The van der Waals surface area contributed by atoms with E-state index in [0.29, 0.717) is 6.04 Å². The Morgan fingerprint density at radius 1 is 0.622 bits per heavy atom. The van der Waals surface area contributed by atoms with E-state index < -0.39 is 0 Å². The monoisotopic (exact) mass is 503 g/mol. The largest absolute Gasteiger partial charge is 0.378 e. The number of likely N-dealkylation sites (tertiary alicyclic amines) is 1. The highest BCUT2D eigenvalue weighted by atomic mass is 16.5. The average Bonchev–Trinajstić information content (AvgIpc) is 2.98. The highest BCUT2D eigenvalue weighted by molar-refractivity contribution is 5.59. The molecule has 3 saturated heterocycles. The van der Waals surface area contributed by atoms with Gasteiger partial charge in [-0.2, -0.15) is 0 Å². The lowest BCUT2D eigenvalue weighted by Gasteiger charge is -2.43. The molecule has 2 aromatic carbocycles. The number of morpholine rings is 1. The summed E-state index contributed by atoms with van der Waals surface area (Å²) in [5.74, 6) is 0. The molecule has 1 unspecified atom stereocenters. The summed E-state index contributed by atoms with van der Waals surface area (Å²) in [5.41, 5.74) is 5.82. The van der Waals surface area contributed by atoms with E-state index in [4.69, 9.17) is 4.74 Å². The molecule has 37 heavy (non-hydrogen) atoms. The van der Waals surface area contributed by atoms with Crippen molar-refractivity contribution in [2.75, 3.05) is 95.0 Å². The molecule has 3 fully saturated rings. The Kier molecular flexibility index (Phi) is 8.27. The Morgan fingerprint density at radius 3 is 2.05 bits per heavy atom. The Labute approximate surface area is 223 Å². The van der Waals surface area contributed by atoms with Crippen LogP contribution >= 0.6 is 0 Å². The normalized spacial score (nSPS) is 23.1. The molecule has 2 aromatic rings. The van der Waals surface area contributed by atoms with Crippen molar-refractivity contribution in [2.45, 2.75) is 38.3 Å². The van der Waals surface area contributed by atoms with E-state index in [2.05, 4.69) is 73.0 Å². The summed E-state index contributed by atoms with van der Waals surface area (Å²) in [7, 11) is 0. The molecule has 6 rings (SSSR count). The van der Waals surface area contributed by atoms with Crippen molar-refractivity contribution in [3.8, 4) is 0 Å². The second-order valence-corrected chi connectivity index (χ2v) is 11.4. The molecule has 4 aliphatic rings. The Morgan fingerprint density at radius 2 is 1.30 bits per heavy atom. The smallest absolute Gasteiger partial charge is 0.0642 e. The minimum atomic E-state index is 0.641. The summed E-state index contributed by atoms with van der Waals surface area (Å²) in [4.78, 5) is 13.4. The molecule has 1 atom stereocenters. The van der Waals surface area contributed by atoms with Crippen LogP contribution in [0.3, 0.4) is 0 Å². The van der Waals surface area contributed by atoms with E-state index in [1.165, 1.54) is 69.8 Å². The van der Waals surface area contributed by atoms with Gasteiger partial charge >= 0.3 is 0 Å². The molecule has 4 heterocycles. The van der Waals surface area contributed by atoms with Crippen molar-refractivity contribution < 1.29 is 4.74 Å². The van der Waals surface area contributed by atoms with E-state index in [0.717, 1.165) is 59.0 Å². The molecule has 6 nitrogen and oxygen atoms in total. The first-order chi connectivity index (χ1) is 18.3. The summed E-state index contributed by atoms with van der Waals surface area (Å²) >= 11 is 0. The van der Waals surface area contributed by atoms with Crippen LogP contribution in [0.15, 0.2) is 48.5 Å². The third kappa shape index (κ3) is 6.31. The van der Waals surface area contributed by atoms with Gasteiger partial charge in [-0.3, -0.25) is 14.7 Å². The van der Waals surface area contributed by atoms with E-state index >= 15 is 0 Å². The van der Waals surface area contributed by atoms with Crippen molar-refractivity contribution >= 4 is 11.4 Å². The number of anilines is 2. The Balaban J connectivity index is 1.06. The standard InChI is InChI=1S/C31H45N5O/c1-4-12-34(13-5-1)31(26-33-14-11-27-7-2-3-8-28(27)24-33)25-32-15-17-35(18-16-32)29-9-6-10-30(23-29)36-19-21-37-22-20-36/h2-3,6-10,23,31H,1,4-5,11-22,24-26H2. The molecule has 6 heteroatoms. The third-order valence-corrected chi connectivity index (χ3v) is 9.00. The number of piperazine rings is 1. The van der Waals surface area contributed by atoms with Crippen LogP contribution in [0.2, 0.25) is 0 Å². The number of nitrogens with zero attached hydrogens (tertiary/aromatic N) is 5. The van der Waals surface area contributed by atoms with Crippen molar-refractivity contribution in [1.82, 2.24) is 14.7 Å². The van der Waals surface area contributed by atoms with E-state index in [1.54, 1.807) is 11.1 Å². The zero-order valence-electron chi connectivity index (χ0n) is 22.6. The second kappa shape index (κ2) is 12.2. The maximum absolute atomic E-state index is 5.55. The molecule has 0 aromatic heterocycles. The quantitative estimate of drug-likeness (QED) is 0.573. The summed E-state index contributed by atoms with van der Waals surface area (Å²) in [6.45, 7) is 15.5. The van der Waals surface area contributed by atoms with Crippen LogP contribution in [-0.2, 0) is 17.7 Å². The van der Waals surface area contributed by atoms with E-state index in [1.807, 2.05) is 0 Å². The zero-order valence-corrected chi connectivity index (χ0v) is 22.6. The topological polar surface area (TPSA) is 25.4 Å². The molecule has 200 valence electrons. The van der Waals surface area contributed by atoms with Crippen LogP contribution in [0, 0.1) is 0 Å². The van der Waals surface area contributed by atoms with Crippen molar-refractivity contribution in [2.24, 2.45) is 0 Å². The summed E-state index contributed by atoms with van der Waals surface area (Å²) in [6.07, 6.45) is 5.34. The number of benzene rings is 2. The van der Waals surface area contributed by atoms with E-state index in [9.17, 15) is 0 Å². The summed E-state index contributed by atoms with van der Waals surface area (Å²) in [5, 5.41) is 0. The average molecular weight is 504 g/mol. The van der Waals surface area contributed by atoms with Crippen molar-refractivity contribution in [1.29, 1.82) is 0 Å². The molecule has 0 aliphatic carbocycles. The fourth-order valence-electron chi connectivity index (χ4n) is 6.77. The molecular weight excluding hydrogens is 458 g/mol. The van der Waals surface area contributed by atoms with Crippen LogP contribution in [0.25, 0.3) is 0 Å². The first kappa shape index (κ1) is 25.2. The molecule has 0 saturated carbocycles. The fourth-order valence-corrected chi connectivity index (χ4v) is 6.77. The van der Waals surface area contributed by atoms with E-state index in [-0.39, 0.29) is 0 Å². The number of hydrogen-bond acceptors (Lipinski definition) is 6. The lowest BCUT2D eigenvalue weighted by molar-refractivity contribution is 0.0790. The number of fused-ring (bicyclic) bond motifs is 1. The maximum Gasteiger partial charge on any atom is 0.0642 e. The highest BCUT2D eigenvalue weighted by Gasteiger charge is 2.28. The predicted molar refractivity (Wildman–Crippen MR) is 153 cm³/mol. The van der Waals surface area contributed by atoms with Gasteiger partial charge in [-0.1, -0.05) is 36.8 Å². The van der Waals surface area contributed by atoms with Crippen LogP contribution in [-0.4, -0.2) is 106 Å². The number of hydrogen-bond donors (Lipinski definition) is 0. The summed E-state index contributed by atoms with van der Waals surface area (Å²) in [6, 6.07) is 18.9. The molecular formula is C31H45N5O. The third-order valence-electron chi connectivity index (χ3n) is 9.00. The van der Waals surface area contributed by atoms with Crippen molar-refractivity contribution in [3.63, 3.8) is 0 Å². The van der Waals surface area contributed by atoms with Gasteiger partial charge < -0.3 is 14.5 Å². The van der Waals surface area contributed by atoms with Gasteiger partial charge in [0.1, 0.15) is 0 Å². The molecule has 4 aliphatic heterocycles. The van der Waals surface area contributed by atoms with Crippen molar-refractivity contribution in [3.05, 3.63) is 59.7 Å². The van der Waals surface area contributed by atoms with Crippen LogP contribution in [0.4, 0.5) is 11.4 Å². The molecule has 0 bridgehead atoms. The maximum atomic E-state index is 5.55. The Bertz CT molecular complexity index is 995. The lowest BCUT2D eigenvalue weighted by Crippen LogP contribution is -2.55. The summed E-state index contributed by atoms with van der Waals surface area (Å²) < 4.78 is 5.55. The number of piperidine rings is 1. The van der Waals surface area contributed by atoms with Gasteiger partial charge in [0.25, 0.3) is 0 Å². The molecule has 0 N–H and O–H groups in total. The van der Waals surface area contributed by atoms with Gasteiger partial charge in [0.2, 0.25) is 0 Å². The molecule has 0 spiro atoms. The first-order valence-corrected chi connectivity index (χ1v) is 14.7. The second-order valence-electron chi connectivity index (χ2n) is 11.4. The Hall–Kier alpha value is -2.12. The predicted octanol–water partition coefficient (Wildman–Crippen LogP) is 3.56. The minimum Gasteiger partial charge on any atom is -0.378 e. The first-order valence-electron chi connectivity index (χ1n) is 14.7. The molecule has 0 amide bonds.